The first-order valence-electron chi connectivity index (χ1n) is 4.89. The van der Waals surface area contributed by atoms with Gasteiger partial charge in [0.05, 0.1) is 7.11 Å². The van der Waals surface area contributed by atoms with E-state index in [1.807, 2.05) is 0 Å². The van der Waals surface area contributed by atoms with Gasteiger partial charge in [-0.3, -0.25) is 4.79 Å². The molecule has 7 heteroatoms. The van der Waals surface area contributed by atoms with Crippen molar-refractivity contribution in [3.05, 3.63) is 29.8 Å². The molecule has 2 N–H and O–H groups in total. The molecule has 0 aromatic heterocycles. The largest absolute Gasteiger partial charge is 0.488 e. The molecule has 0 aliphatic carbocycles. The van der Waals surface area contributed by atoms with Crippen LogP contribution in [-0.4, -0.2) is 26.1 Å². The first kappa shape index (κ1) is 16.6. The van der Waals surface area contributed by atoms with E-state index >= 15 is 0 Å². The molecule has 0 saturated heterocycles. The molecule has 0 bridgehead atoms. The molecule has 0 aliphatic heterocycles. The average Bonchev–Trinajstić information content (AvgIpc) is 2.35. The fourth-order valence-electron chi connectivity index (χ4n) is 1.19. The van der Waals surface area contributed by atoms with Gasteiger partial charge in [-0.25, -0.2) is 8.78 Å². The third kappa shape index (κ3) is 4.85. The van der Waals surface area contributed by atoms with Gasteiger partial charge in [-0.15, -0.1) is 12.4 Å². The number of benzene rings is 1. The highest BCUT2D eigenvalue weighted by molar-refractivity contribution is 5.85. The normalized spacial score (nSPS) is 11.6. The Kier molecular flexibility index (Phi) is 7.23. The van der Waals surface area contributed by atoms with Crippen LogP contribution in [0.3, 0.4) is 0 Å². The standard InChI is InChI=1S/C11H13F2NO3.ClH/c1-16-11(15)10(14)7-2-4-8(5-3-7)17-6-9(12)13;/h2-5,9-10H,6,14H2,1H3;1H. The van der Waals surface area contributed by atoms with E-state index in [0.717, 1.165) is 0 Å². The molecule has 0 fully saturated rings. The van der Waals surface area contributed by atoms with Crippen molar-refractivity contribution in [1.82, 2.24) is 0 Å². The van der Waals surface area contributed by atoms with Crippen molar-refractivity contribution in [1.29, 1.82) is 0 Å². The van der Waals surface area contributed by atoms with E-state index < -0.39 is 25.0 Å². The van der Waals surface area contributed by atoms with Crippen LogP contribution in [0.5, 0.6) is 5.75 Å². The number of rotatable bonds is 5. The minimum atomic E-state index is -2.52. The van der Waals surface area contributed by atoms with E-state index in [2.05, 4.69) is 4.74 Å². The van der Waals surface area contributed by atoms with Crippen molar-refractivity contribution >= 4 is 18.4 Å². The predicted molar refractivity (Wildman–Crippen MR) is 64.1 cm³/mol. The van der Waals surface area contributed by atoms with Crippen molar-refractivity contribution in [2.75, 3.05) is 13.7 Å². The van der Waals surface area contributed by atoms with E-state index in [1.165, 1.54) is 31.4 Å². The van der Waals surface area contributed by atoms with Crippen LogP contribution in [0.25, 0.3) is 0 Å². The Morgan fingerprint density at radius 3 is 2.33 bits per heavy atom. The number of carbonyl (C=O) groups is 1. The second-order valence-corrected chi connectivity index (χ2v) is 3.27. The van der Waals surface area contributed by atoms with Crippen LogP contribution in [-0.2, 0) is 9.53 Å². The Hall–Kier alpha value is -1.40. The number of hydrogen-bond acceptors (Lipinski definition) is 4. The Labute approximate surface area is 109 Å². The van der Waals surface area contributed by atoms with Crippen molar-refractivity contribution in [2.24, 2.45) is 5.73 Å². The molecular weight excluding hydrogens is 268 g/mol. The second kappa shape index (κ2) is 7.84. The van der Waals surface area contributed by atoms with Gasteiger partial charge in [0.1, 0.15) is 18.4 Å². The molecule has 18 heavy (non-hydrogen) atoms. The zero-order valence-electron chi connectivity index (χ0n) is 9.64. The number of esters is 1. The highest BCUT2D eigenvalue weighted by Crippen LogP contribution is 2.17. The zero-order valence-corrected chi connectivity index (χ0v) is 10.5. The third-order valence-electron chi connectivity index (χ3n) is 2.07. The van der Waals surface area contributed by atoms with Crippen LogP contribution in [0, 0.1) is 0 Å². The van der Waals surface area contributed by atoms with E-state index in [1.54, 1.807) is 0 Å². The molecule has 0 spiro atoms. The predicted octanol–water partition coefficient (Wildman–Crippen LogP) is 1.93. The summed E-state index contributed by atoms with van der Waals surface area (Å²) in [5.74, 6) is -0.266. The molecule has 102 valence electrons. The molecule has 1 rings (SSSR count). The Morgan fingerprint density at radius 1 is 1.33 bits per heavy atom. The maximum atomic E-state index is 11.9. The number of carbonyl (C=O) groups excluding carboxylic acids is 1. The first-order chi connectivity index (χ1) is 8.04. The minimum Gasteiger partial charge on any atom is -0.488 e. The van der Waals surface area contributed by atoms with Crippen LogP contribution in [0.2, 0.25) is 0 Å². The maximum Gasteiger partial charge on any atom is 0.327 e. The van der Waals surface area contributed by atoms with Crippen molar-refractivity contribution in [3.63, 3.8) is 0 Å². The van der Waals surface area contributed by atoms with Crippen LogP contribution in [0.15, 0.2) is 24.3 Å². The average molecular weight is 282 g/mol. The molecule has 1 aromatic carbocycles. The summed E-state index contributed by atoms with van der Waals surface area (Å²) in [4.78, 5) is 11.1. The van der Waals surface area contributed by atoms with Crippen molar-refractivity contribution < 1.29 is 23.0 Å². The van der Waals surface area contributed by atoms with Crippen LogP contribution in [0.4, 0.5) is 8.78 Å². The summed E-state index contributed by atoms with van der Waals surface area (Å²) >= 11 is 0. The number of nitrogens with two attached hydrogens (primary N) is 1. The monoisotopic (exact) mass is 281 g/mol. The van der Waals surface area contributed by atoms with E-state index in [0.29, 0.717) is 11.3 Å². The lowest BCUT2D eigenvalue weighted by Gasteiger charge is -2.10. The smallest absolute Gasteiger partial charge is 0.327 e. The van der Waals surface area contributed by atoms with Gasteiger partial charge < -0.3 is 15.2 Å². The molecule has 4 nitrogen and oxygen atoms in total. The van der Waals surface area contributed by atoms with Gasteiger partial charge in [-0.2, -0.15) is 0 Å². The van der Waals surface area contributed by atoms with Gasteiger partial charge in [-0.05, 0) is 17.7 Å². The summed E-state index contributed by atoms with van der Waals surface area (Å²) in [6.45, 7) is -0.664. The van der Waals surface area contributed by atoms with E-state index in [4.69, 9.17) is 10.5 Å². The lowest BCUT2D eigenvalue weighted by molar-refractivity contribution is -0.142. The summed E-state index contributed by atoms with van der Waals surface area (Å²) in [5.41, 5.74) is 6.11. The highest BCUT2D eigenvalue weighted by atomic mass is 35.5. The molecule has 0 amide bonds. The summed E-state index contributed by atoms with van der Waals surface area (Å²) in [5, 5.41) is 0. The van der Waals surface area contributed by atoms with Crippen LogP contribution < -0.4 is 10.5 Å². The Morgan fingerprint density at radius 2 is 1.89 bits per heavy atom. The van der Waals surface area contributed by atoms with Gasteiger partial charge in [0.15, 0.2) is 0 Å². The second-order valence-electron chi connectivity index (χ2n) is 3.27. The Bertz CT molecular complexity index is 373. The van der Waals surface area contributed by atoms with Crippen molar-refractivity contribution in [2.45, 2.75) is 12.5 Å². The first-order valence-corrected chi connectivity index (χ1v) is 4.89. The zero-order chi connectivity index (χ0) is 12.8. The quantitative estimate of drug-likeness (QED) is 0.838. The van der Waals surface area contributed by atoms with Gasteiger partial charge >= 0.3 is 5.97 Å². The number of halogens is 3. The topological polar surface area (TPSA) is 61.5 Å². The summed E-state index contributed by atoms with van der Waals surface area (Å²) in [7, 11) is 1.24. The van der Waals surface area contributed by atoms with Crippen LogP contribution >= 0.6 is 12.4 Å². The number of ether oxygens (including phenoxy) is 2. The molecule has 1 aromatic rings. The number of methoxy groups -OCH3 is 1. The molecule has 0 radical (unpaired) electrons. The van der Waals surface area contributed by atoms with Crippen LogP contribution in [0.1, 0.15) is 11.6 Å². The molecular formula is C11H14ClF2NO3. The third-order valence-corrected chi connectivity index (χ3v) is 2.07. The Balaban J connectivity index is 0.00000289. The summed E-state index contributed by atoms with van der Waals surface area (Å²) < 4.78 is 33.0. The maximum absolute atomic E-state index is 11.9. The fraction of sp³-hybridized carbons (Fsp3) is 0.364. The van der Waals surface area contributed by atoms with E-state index in [9.17, 15) is 13.6 Å². The van der Waals surface area contributed by atoms with Gasteiger partial charge in [0, 0.05) is 0 Å². The van der Waals surface area contributed by atoms with E-state index in [-0.39, 0.29) is 12.4 Å². The molecule has 0 saturated carbocycles. The summed E-state index contributed by atoms with van der Waals surface area (Å²) in [6, 6.07) is 5.12. The SMILES string of the molecule is COC(=O)C(N)c1ccc(OCC(F)F)cc1.Cl. The lowest BCUT2D eigenvalue weighted by Crippen LogP contribution is -2.22. The molecule has 0 aliphatic rings. The van der Waals surface area contributed by atoms with Gasteiger partial charge in [-0.1, -0.05) is 12.1 Å². The number of hydrogen-bond donors (Lipinski definition) is 1. The molecule has 1 unspecified atom stereocenters. The number of alkyl halides is 2. The minimum absolute atomic E-state index is 0. The fourth-order valence-corrected chi connectivity index (χ4v) is 1.19. The molecule has 1 atom stereocenters. The highest BCUT2D eigenvalue weighted by Gasteiger charge is 2.15. The van der Waals surface area contributed by atoms with Gasteiger partial charge in [0.25, 0.3) is 6.43 Å². The van der Waals surface area contributed by atoms with Gasteiger partial charge in [0.2, 0.25) is 0 Å². The summed E-state index contributed by atoms with van der Waals surface area (Å²) in [6.07, 6.45) is -2.52. The lowest BCUT2D eigenvalue weighted by atomic mass is 10.1. The molecule has 0 heterocycles. The van der Waals surface area contributed by atoms with Crippen molar-refractivity contribution in [3.8, 4) is 5.75 Å².